The number of rotatable bonds is 3. The molecule has 0 spiro atoms. The SMILES string of the molecule is OCC1(Nc2cccc(Br)c2)CCCOC1. The Hall–Kier alpha value is -0.580. The summed E-state index contributed by atoms with van der Waals surface area (Å²) in [6, 6.07) is 7.96. The van der Waals surface area contributed by atoms with Crippen LogP contribution in [0, 0.1) is 0 Å². The standard InChI is InChI=1S/C12H16BrNO2/c13-10-3-1-4-11(7-10)14-12(8-15)5-2-6-16-9-12/h1,3-4,7,14-15H,2,5-6,8-9H2. The summed E-state index contributed by atoms with van der Waals surface area (Å²) >= 11 is 3.43. The molecule has 0 aliphatic carbocycles. The van der Waals surface area contributed by atoms with Crippen molar-refractivity contribution in [3.63, 3.8) is 0 Å². The maximum Gasteiger partial charge on any atom is 0.0838 e. The summed E-state index contributed by atoms with van der Waals surface area (Å²) in [4.78, 5) is 0. The highest BCUT2D eigenvalue weighted by Crippen LogP contribution is 2.25. The van der Waals surface area contributed by atoms with Gasteiger partial charge in [-0.1, -0.05) is 22.0 Å². The lowest BCUT2D eigenvalue weighted by Gasteiger charge is -2.37. The normalized spacial score (nSPS) is 25.4. The van der Waals surface area contributed by atoms with Crippen molar-refractivity contribution in [3.8, 4) is 0 Å². The quantitative estimate of drug-likeness (QED) is 0.896. The van der Waals surface area contributed by atoms with Crippen LogP contribution in [0.2, 0.25) is 0 Å². The molecule has 0 bridgehead atoms. The first-order valence-electron chi connectivity index (χ1n) is 5.46. The molecule has 1 unspecified atom stereocenters. The highest BCUT2D eigenvalue weighted by Gasteiger charge is 2.32. The van der Waals surface area contributed by atoms with Crippen LogP contribution in [0.1, 0.15) is 12.8 Å². The van der Waals surface area contributed by atoms with Crippen LogP contribution < -0.4 is 5.32 Å². The minimum Gasteiger partial charge on any atom is -0.394 e. The fourth-order valence-electron chi connectivity index (χ4n) is 1.99. The molecule has 0 aromatic heterocycles. The van der Waals surface area contributed by atoms with Gasteiger partial charge in [0, 0.05) is 16.8 Å². The molecule has 2 N–H and O–H groups in total. The average molecular weight is 286 g/mol. The van der Waals surface area contributed by atoms with Crippen LogP contribution in [0.25, 0.3) is 0 Å². The number of anilines is 1. The van der Waals surface area contributed by atoms with Crippen molar-refractivity contribution in [2.45, 2.75) is 18.4 Å². The second kappa shape index (κ2) is 5.17. The van der Waals surface area contributed by atoms with Crippen LogP contribution in [0.4, 0.5) is 5.69 Å². The smallest absolute Gasteiger partial charge is 0.0838 e. The Morgan fingerprint density at radius 2 is 2.38 bits per heavy atom. The summed E-state index contributed by atoms with van der Waals surface area (Å²) in [5.41, 5.74) is 0.688. The van der Waals surface area contributed by atoms with E-state index >= 15 is 0 Å². The molecule has 1 aliphatic heterocycles. The summed E-state index contributed by atoms with van der Waals surface area (Å²) in [5, 5.41) is 12.9. The molecule has 4 heteroatoms. The van der Waals surface area contributed by atoms with E-state index in [4.69, 9.17) is 4.74 Å². The highest BCUT2D eigenvalue weighted by atomic mass is 79.9. The Morgan fingerprint density at radius 3 is 3.00 bits per heavy atom. The molecule has 1 heterocycles. The third-order valence-corrected chi connectivity index (χ3v) is 3.35. The molecule has 1 aromatic carbocycles. The second-order valence-corrected chi connectivity index (χ2v) is 5.15. The van der Waals surface area contributed by atoms with Crippen molar-refractivity contribution in [2.75, 3.05) is 25.1 Å². The maximum atomic E-state index is 9.52. The molecule has 0 saturated carbocycles. The first-order chi connectivity index (χ1) is 7.74. The molecule has 1 fully saturated rings. The lowest BCUT2D eigenvalue weighted by molar-refractivity contribution is 0.0217. The number of hydrogen-bond donors (Lipinski definition) is 2. The molecule has 1 saturated heterocycles. The summed E-state index contributed by atoms with van der Waals surface area (Å²) in [7, 11) is 0. The lowest BCUT2D eigenvalue weighted by atomic mass is 9.93. The fraction of sp³-hybridized carbons (Fsp3) is 0.500. The lowest BCUT2D eigenvalue weighted by Crippen LogP contribution is -2.49. The number of benzene rings is 1. The topological polar surface area (TPSA) is 41.5 Å². The van der Waals surface area contributed by atoms with Gasteiger partial charge in [0.05, 0.1) is 18.8 Å². The van der Waals surface area contributed by atoms with E-state index in [1.807, 2.05) is 24.3 Å². The Balaban J connectivity index is 2.11. The third-order valence-electron chi connectivity index (χ3n) is 2.86. The molecular formula is C12H16BrNO2. The van der Waals surface area contributed by atoms with Crippen LogP contribution in [-0.2, 0) is 4.74 Å². The summed E-state index contributed by atoms with van der Waals surface area (Å²) in [6.07, 6.45) is 1.93. The van der Waals surface area contributed by atoms with Gasteiger partial charge in [0.2, 0.25) is 0 Å². The van der Waals surface area contributed by atoms with Crippen molar-refractivity contribution in [2.24, 2.45) is 0 Å². The second-order valence-electron chi connectivity index (χ2n) is 4.23. The number of aliphatic hydroxyl groups excluding tert-OH is 1. The van der Waals surface area contributed by atoms with Gasteiger partial charge in [0.15, 0.2) is 0 Å². The molecule has 0 amide bonds. The van der Waals surface area contributed by atoms with Gasteiger partial charge in [0.25, 0.3) is 0 Å². The zero-order valence-corrected chi connectivity index (χ0v) is 10.7. The van der Waals surface area contributed by atoms with E-state index in [2.05, 4.69) is 21.2 Å². The van der Waals surface area contributed by atoms with Crippen LogP contribution in [0.15, 0.2) is 28.7 Å². The third kappa shape index (κ3) is 2.75. The Bertz CT molecular complexity index is 351. The van der Waals surface area contributed by atoms with Crippen molar-refractivity contribution < 1.29 is 9.84 Å². The van der Waals surface area contributed by atoms with Gasteiger partial charge < -0.3 is 15.2 Å². The van der Waals surface area contributed by atoms with E-state index in [0.717, 1.165) is 29.6 Å². The predicted molar refractivity (Wildman–Crippen MR) is 67.6 cm³/mol. The Morgan fingerprint density at radius 1 is 1.50 bits per heavy atom. The van der Waals surface area contributed by atoms with Crippen LogP contribution in [0.3, 0.4) is 0 Å². The Kier molecular flexibility index (Phi) is 3.84. The molecule has 1 aromatic rings. The molecule has 88 valence electrons. The van der Waals surface area contributed by atoms with E-state index in [-0.39, 0.29) is 12.1 Å². The first kappa shape index (κ1) is 11.9. The predicted octanol–water partition coefficient (Wildman–Crippen LogP) is 2.40. The minimum atomic E-state index is -0.320. The average Bonchev–Trinajstić information content (AvgIpc) is 2.30. The first-order valence-corrected chi connectivity index (χ1v) is 6.26. The monoisotopic (exact) mass is 285 g/mol. The molecular weight excluding hydrogens is 270 g/mol. The largest absolute Gasteiger partial charge is 0.394 e. The van der Waals surface area contributed by atoms with Crippen LogP contribution in [-0.4, -0.2) is 30.5 Å². The van der Waals surface area contributed by atoms with E-state index in [0.29, 0.717) is 6.61 Å². The molecule has 3 nitrogen and oxygen atoms in total. The van der Waals surface area contributed by atoms with Gasteiger partial charge in [-0.2, -0.15) is 0 Å². The van der Waals surface area contributed by atoms with Crippen molar-refractivity contribution in [1.29, 1.82) is 0 Å². The van der Waals surface area contributed by atoms with Gasteiger partial charge in [-0.3, -0.25) is 0 Å². The summed E-state index contributed by atoms with van der Waals surface area (Å²) < 4.78 is 6.47. The molecule has 1 aliphatic rings. The van der Waals surface area contributed by atoms with Crippen LogP contribution in [0.5, 0.6) is 0 Å². The zero-order chi connectivity index (χ0) is 11.4. The fourth-order valence-corrected chi connectivity index (χ4v) is 2.39. The number of nitrogens with one attached hydrogen (secondary N) is 1. The minimum absolute atomic E-state index is 0.0967. The number of ether oxygens (including phenoxy) is 1. The van der Waals surface area contributed by atoms with E-state index < -0.39 is 0 Å². The Labute approximate surface area is 104 Å². The molecule has 1 atom stereocenters. The van der Waals surface area contributed by atoms with Gasteiger partial charge in [-0.05, 0) is 31.0 Å². The summed E-state index contributed by atoms with van der Waals surface area (Å²) in [6.45, 7) is 1.46. The van der Waals surface area contributed by atoms with Crippen molar-refractivity contribution >= 4 is 21.6 Å². The van der Waals surface area contributed by atoms with Gasteiger partial charge in [-0.15, -0.1) is 0 Å². The van der Waals surface area contributed by atoms with Crippen molar-refractivity contribution in [3.05, 3.63) is 28.7 Å². The molecule has 16 heavy (non-hydrogen) atoms. The number of hydrogen-bond acceptors (Lipinski definition) is 3. The van der Waals surface area contributed by atoms with Gasteiger partial charge >= 0.3 is 0 Å². The van der Waals surface area contributed by atoms with Crippen LogP contribution >= 0.6 is 15.9 Å². The summed E-state index contributed by atoms with van der Waals surface area (Å²) in [5.74, 6) is 0. The zero-order valence-electron chi connectivity index (χ0n) is 9.08. The van der Waals surface area contributed by atoms with E-state index in [1.165, 1.54) is 0 Å². The maximum absolute atomic E-state index is 9.52. The van der Waals surface area contributed by atoms with Gasteiger partial charge in [0.1, 0.15) is 0 Å². The number of halogens is 1. The number of aliphatic hydroxyl groups is 1. The highest BCUT2D eigenvalue weighted by molar-refractivity contribution is 9.10. The molecule has 0 radical (unpaired) electrons. The van der Waals surface area contributed by atoms with E-state index in [9.17, 15) is 5.11 Å². The van der Waals surface area contributed by atoms with Gasteiger partial charge in [-0.25, -0.2) is 0 Å². The molecule has 2 rings (SSSR count). The van der Waals surface area contributed by atoms with E-state index in [1.54, 1.807) is 0 Å². The van der Waals surface area contributed by atoms with Crippen molar-refractivity contribution in [1.82, 2.24) is 0 Å².